The molecule has 19 heavy (non-hydrogen) atoms. The van der Waals surface area contributed by atoms with Crippen LogP contribution in [0.3, 0.4) is 0 Å². The average molecular weight is 262 g/mol. The Labute approximate surface area is 110 Å². The molecule has 1 aromatic carbocycles. The minimum atomic E-state index is -0.694. The number of hydrogen-bond donors (Lipinski definition) is 0. The summed E-state index contributed by atoms with van der Waals surface area (Å²) in [5, 5.41) is 3.94. The first kappa shape index (κ1) is 13.3. The molecule has 4 nitrogen and oxygen atoms in total. The maximum Gasteiger partial charge on any atom is 0.359 e. The number of nitrogens with zero attached hydrogens (tertiary/aromatic N) is 2. The van der Waals surface area contributed by atoms with E-state index in [0.717, 1.165) is 11.8 Å². The van der Waals surface area contributed by atoms with Gasteiger partial charge in [-0.15, -0.1) is 0 Å². The SMILES string of the molecule is CCOC(=O)c1c(F)cnn1[C@H](C)c1ccccc1. The summed E-state index contributed by atoms with van der Waals surface area (Å²) in [5.41, 5.74) is 0.800. The molecule has 0 spiro atoms. The maximum absolute atomic E-state index is 13.7. The van der Waals surface area contributed by atoms with Crippen LogP contribution in [0.4, 0.5) is 4.39 Å². The van der Waals surface area contributed by atoms with E-state index in [1.54, 1.807) is 6.92 Å². The van der Waals surface area contributed by atoms with Gasteiger partial charge in [-0.3, -0.25) is 0 Å². The second-order valence-electron chi connectivity index (χ2n) is 4.09. The van der Waals surface area contributed by atoms with E-state index >= 15 is 0 Å². The topological polar surface area (TPSA) is 44.1 Å². The molecule has 0 radical (unpaired) electrons. The Hall–Kier alpha value is -2.17. The van der Waals surface area contributed by atoms with Crippen LogP contribution in [0.25, 0.3) is 0 Å². The van der Waals surface area contributed by atoms with Crippen LogP contribution in [-0.2, 0) is 4.74 Å². The van der Waals surface area contributed by atoms with Crippen molar-refractivity contribution in [1.82, 2.24) is 9.78 Å². The predicted molar refractivity (Wildman–Crippen MR) is 68.4 cm³/mol. The summed E-state index contributed by atoms with van der Waals surface area (Å²) in [4.78, 5) is 11.8. The fourth-order valence-corrected chi connectivity index (χ4v) is 1.90. The van der Waals surface area contributed by atoms with Crippen LogP contribution in [-0.4, -0.2) is 22.4 Å². The van der Waals surface area contributed by atoms with Gasteiger partial charge in [0.15, 0.2) is 11.5 Å². The summed E-state index contributed by atoms with van der Waals surface area (Å²) in [6, 6.07) is 9.22. The summed E-state index contributed by atoms with van der Waals surface area (Å²) in [6.07, 6.45) is 1.03. The van der Waals surface area contributed by atoms with Crippen molar-refractivity contribution in [2.75, 3.05) is 6.61 Å². The monoisotopic (exact) mass is 262 g/mol. The summed E-state index contributed by atoms with van der Waals surface area (Å²) in [7, 11) is 0. The molecule has 100 valence electrons. The molecule has 2 aromatic rings. The number of esters is 1. The lowest BCUT2D eigenvalue weighted by Gasteiger charge is -2.15. The zero-order chi connectivity index (χ0) is 13.8. The van der Waals surface area contributed by atoms with E-state index in [-0.39, 0.29) is 18.3 Å². The molecule has 5 heteroatoms. The smallest absolute Gasteiger partial charge is 0.359 e. The number of aromatic nitrogens is 2. The third-order valence-electron chi connectivity index (χ3n) is 2.87. The van der Waals surface area contributed by atoms with E-state index in [4.69, 9.17) is 4.74 Å². The highest BCUT2D eigenvalue weighted by Gasteiger charge is 2.23. The van der Waals surface area contributed by atoms with Crippen molar-refractivity contribution in [1.29, 1.82) is 0 Å². The van der Waals surface area contributed by atoms with Crippen molar-refractivity contribution in [3.05, 3.63) is 53.6 Å². The fourth-order valence-electron chi connectivity index (χ4n) is 1.90. The van der Waals surface area contributed by atoms with E-state index < -0.39 is 11.8 Å². The first-order valence-corrected chi connectivity index (χ1v) is 6.10. The van der Waals surface area contributed by atoms with Crippen molar-refractivity contribution < 1.29 is 13.9 Å². The van der Waals surface area contributed by atoms with Gasteiger partial charge >= 0.3 is 5.97 Å². The lowest BCUT2D eigenvalue weighted by atomic mass is 10.1. The van der Waals surface area contributed by atoms with Gasteiger partial charge in [0.05, 0.1) is 18.8 Å². The Kier molecular flexibility index (Phi) is 3.94. The molecular formula is C14H15FN2O2. The highest BCUT2D eigenvalue weighted by atomic mass is 19.1. The van der Waals surface area contributed by atoms with Crippen molar-refractivity contribution in [2.24, 2.45) is 0 Å². The summed E-state index contributed by atoms with van der Waals surface area (Å²) < 4.78 is 19.9. The molecule has 0 amide bonds. The number of rotatable bonds is 4. The van der Waals surface area contributed by atoms with Crippen LogP contribution in [0, 0.1) is 5.82 Å². The quantitative estimate of drug-likeness (QED) is 0.796. The third kappa shape index (κ3) is 2.65. The number of carbonyl (C=O) groups excluding carboxylic acids is 1. The molecule has 0 aliphatic heterocycles. The molecule has 1 atom stereocenters. The highest BCUT2D eigenvalue weighted by Crippen LogP contribution is 2.20. The molecule has 0 aliphatic carbocycles. The molecule has 0 saturated heterocycles. The molecule has 1 heterocycles. The van der Waals surface area contributed by atoms with Crippen LogP contribution < -0.4 is 0 Å². The Morgan fingerprint density at radius 1 is 1.42 bits per heavy atom. The Morgan fingerprint density at radius 2 is 2.11 bits per heavy atom. The van der Waals surface area contributed by atoms with Crippen LogP contribution in [0.5, 0.6) is 0 Å². The van der Waals surface area contributed by atoms with Gasteiger partial charge in [-0.1, -0.05) is 30.3 Å². The van der Waals surface area contributed by atoms with Gasteiger partial charge in [-0.05, 0) is 19.4 Å². The van der Waals surface area contributed by atoms with E-state index in [9.17, 15) is 9.18 Å². The van der Waals surface area contributed by atoms with E-state index in [1.807, 2.05) is 37.3 Å². The van der Waals surface area contributed by atoms with E-state index in [0.29, 0.717) is 0 Å². The number of ether oxygens (including phenoxy) is 1. The number of benzene rings is 1. The van der Waals surface area contributed by atoms with Crippen LogP contribution in [0.2, 0.25) is 0 Å². The number of hydrogen-bond acceptors (Lipinski definition) is 3. The zero-order valence-corrected chi connectivity index (χ0v) is 10.8. The normalized spacial score (nSPS) is 12.2. The van der Waals surface area contributed by atoms with Crippen LogP contribution >= 0.6 is 0 Å². The van der Waals surface area contributed by atoms with Crippen molar-refractivity contribution in [3.63, 3.8) is 0 Å². The second-order valence-corrected chi connectivity index (χ2v) is 4.09. The predicted octanol–water partition coefficient (Wildman–Crippen LogP) is 2.81. The molecule has 2 rings (SSSR count). The molecule has 0 fully saturated rings. The molecule has 0 bridgehead atoms. The van der Waals surface area contributed by atoms with Gasteiger partial charge < -0.3 is 4.74 Å². The lowest BCUT2D eigenvalue weighted by molar-refractivity contribution is 0.0505. The third-order valence-corrected chi connectivity index (χ3v) is 2.87. The van der Waals surface area contributed by atoms with E-state index in [2.05, 4.69) is 5.10 Å². The molecule has 0 aliphatic rings. The van der Waals surface area contributed by atoms with Gasteiger partial charge in [-0.2, -0.15) is 5.10 Å². The second kappa shape index (κ2) is 5.65. The summed E-state index contributed by atoms with van der Waals surface area (Å²) in [5.74, 6) is -1.36. The first-order chi connectivity index (χ1) is 9.15. The van der Waals surface area contributed by atoms with Gasteiger partial charge in [0, 0.05) is 0 Å². The van der Waals surface area contributed by atoms with E-state index in [1.165, 1.54) is 4.68 Å². The minimum absolute atomic E-state index is 0.141. The Morgan fingerprint density at radius 3 is 2.74 bits per heavy atom. The molecule has 1 aromatic heterocycles. The van der Waals surface area contributed by atoms with Gasteiger partial charge in [-0.25, -0.2) is 13.9 Å². The standard InChI is InChI=1S/C14H15FN2O2/c1-3-19-14(18)13-12(15)9-16-17(13)10(2)11-7-5-4-6-8-11/h4-10H,3H2,1-2H3/t10-/m1/s1. The Balaban J connectivity index is 2.38. The Bertz CT molecular complexity index is 566. The highest BCUT2D eigenvalue weighted by molar-refractivity contribution is 5.87. The molecule has 0 N–H and O–H groups in total. The first-order valence-electron chi connectivity index (χ1n) is 6.10. The molecule has 0 saturated carbocycles. The summed E-state index contributed by atoms with van der Waals surface area (Å²) in [6.45, 7) is 3.73. The summed E-state index contributed by atoms with van der Waals surface area (Å²) >= 11 is 0. The number of carbonyl (C=O) groups is 1. The van der Waals surface area contributed by atoms with Gasteiger partial charge in [0.1, 0.15) is 0 Å². The van der Waals surface area contributed by atoms with Crippen molar-refractivity contribution >= 4 is 5.97 Å². The number of halogens is 1. The van der Waals surface area contributed by atoms with Crippen molar-refractivity contribution in [3.8, 4) is 0 Å². The maximum atomic E-state index is 13.7. The average Bonchev–Trinajstić information content (AvgIpc) is 2.81. The largest absolute Gasteiger partial charge is 0.461 e. The molecule has 0 unspecified atom stereocenters. The molecular weight excluding hydrogens is 247 g/mol. The van der Waals surface area contributed by atoms with Crippen LogP contribution in [0.1, 0.15) is 35.9 Å². The minimum Gasteiger partial charge on any atom is -0.461 e. The van der Waals surface area contributed by atoms with Crippen molar-refractivity contribution in [2.45, 2.75) is 19.9 Å². The van der Waals surface area contributed by atoms with Crippen LogP contribution in [0.15, 0.2) is 36.5 Å². The lowest BCUT2D eigenvalue weighted by Crippen LogP contribution is -2.18. The zero-order valence-electron chi connectivity index (χ0n) is 10.8. The van der Waals surface area contributed by atoms with Gasteiger partial charge in [0.2, 0.25) is 0 Å². The fraction of sp³-hybridized carbons (Fsp3) is 0.286. The van der Waals surface area contributed by atoms with Gasteiger partial charge in [0.25, 0.3) is 0 Å².